The molecule has 4 nitrogen and oxygen atoms in total. The zero-order valence-electron chi connectivity index (χ0n) is 10.7. The lowest BCUT2D eigenvalue weighted by Crippen LogP contribution is -1.98. The first-order valence-corrected chi connectivity index (χ1v) is 7.26. The van der Waals surface area contributed by atoms with Gasteiger partial charge in [0.15, 0.2) is 5.69 Å². The first-order chi connectivity index (χ1) is 10.2. The number of hydrogen-bond donors (Lipinski definition) is 1. The van der Waals surface area contributed by atoms with Crippen LogP contribution in [0.5, 0.6) is 0 Å². The van der Waals surface area contributed by atoms with Crippen LogP contribution in [0.25, 0.3) is 21.1 Å². The summed E-state index contributed by atoms with van der Waals surface area (Å²) < 4.78 is 0. The quantitative estimate of drug-likeness (QED) is 0.785. The Morgan fingerprint density at radius 1 is 1.14 bits per heavy atom. The summed E-state index contributed by atoms with van der Waals surface area (Å²) in [7, 11) is 0. The highest BCUT2D eigenvalue weighted by atomic mass is 35.5. The molecule has 0 saturated heterocycles. The molecule has 0 radical (unpaired) electrons. The van der Waals surface area contributed by atoms with E-state index in [4.69, 9.17) is 11.6 Å². The number of aromatic carboxylic acids is 1. The number of nitrogens with zero attached hydrogens (tertiary/aromatic N) is 2. The minimum Gasteiger partial charge on any atom is -0.476 e. The van der Waals surface area contributed by atoms with Gasteiger partial charge in [-0.25, -0.2) is 9.78 Å². The molecule has 0 atom stereocenters. The minimum absolute atomic E-state index is 0.0166. The fourth-order valence-electron chi connectivity index (χ4n) is 1.89. The maximum atomic E-state index is 11.4. The summed E-state index contributed by atoms with van der Waals surface area (Å²) in [6.07, 6.45) is 1.60. The zero-order chi connectivity index (χ0) is 14.8. The Labute approximate surface area is 129 Å². The van der Waals surface area contributed by atoms with Crippen molar-refractivity contribution < 1.29 is 9.90 Å². The number of hydrogen-bond acceptors (Lipinski definition) is 4. The number of aromatic nitrogens is 2. The molecule has 0 spiro atoms. The molecule has 21 heavy (non-hydrogen) atoms. The number of halogens is 1. The van der Waals surface area contributed by atoms with E-state index in [1.807, 2.05) is 30.3 Å². The summed E-state index contributed by atoms with van der Waals surface area (Å²) in [5.74, 6) is -1.07. The highest BCUT2D eigenvalue weighted by molar-refractivity contribution is 7.18. The highest BCUT2D eigenvalue weighted by Gasteiger charge is 2.21. The minimum atomic E-state index is -1.07. The molecule has 0 aliphatic carbocycles. The molecule has 6 heteroatoms. The fraction of sp³-hybridized carbons (Fsp3) is 0. The van der Waals surface area contributed by atoms with Gasteiger partial charge in [0, 0.05) is 6.20 Å². The predicted octanol–water partition coefficient (Wildman–Crippen LogP) is 4.22. The molecule has 0 saturated carbocycles. The van der Waals surface area contributed by atoms with Crippen molar-refractivity contribution in [2.45, 2.75) is 0 Å². The highest BCUT2D eigenvalue weighted by Crippen LogP contribution is 2.36. The van der Waals surface area contributed by atoms with Crippen LogP contribution in [0.15, 0.2) is 48.7 Å². The SMILES string of the molecule is O=C(O)c1nc(-c2ncccc2Cl)sc1-c1ccccc1. The molecule has 1 aromatic carbocycles. The summed E-state index contributed by atoms with van der Waals surface area (Å²) in [6, 6.07) is 12.7. The third kappa shape index (κ3) is 2.66. The van der Waals surface area contributed by atoms with Gasteiger partial charge in [-0.15, -0.1) is 11.3 Å². The van der Waals surface area contributed by atoms with Gasteiger partial charge in [-0.1, -0.05) is 41.9 Å². The summed E-state index contributed by atoms with van der Waals surface area (Å²) in [5, 5.41) is 10.3. The van der Waals surface area contributed by atoms with Crippen LogP contribution in [0.3, 0.4) is 0 Å². The second kappa shape index (κ2) is 5.63. The van der Waals surface area contributed by atoms with Gasteiger partial charge in [-0.05, 0) is 17.7 Å². The summed E-state index contributed by atoms with van der Waals surface area (Å²) in [6.45, 7) is 0. The Bertz CT molecular complexity index is 802. The van der Waals surface area contributed by atoms with Gasteiger partial charge in [0.2, 0.25) is 0 Å². The van der Waals surface area contributed by atoms with E-state index in [9.17, 15) is 9.90 Å². The first-order valence-electron chi connectivity index (χ1n) is 6.07. The van der Waals surface area contributed by atoms with Crippen LogP contribution in [0.2, 0.25) is 5.02 Å². The van der Waals surface area contributed by atoms with Crippen molar-refractivity contribution in [3.8, 4) is 21.1 Å². The van der Waals surface area contributed by atoms with Crippen molar-refractivity contribution >= 4 is 28.9 Å². The van der Waals surface area contributed by atoms with Crippen molar-refractivity contribution in [1.82, 2.24) is 9.97 Å². The van der Waals surface area contributed by atoms with Crippen LogP contribution in [-0.4, -0.2) is 21.0 Å². The second-order valence-corrected chi connectivity index (χ2v) is 5.61. The Balaban J connectivity index is 2.18. The van der Waals surface area contributed by atoms with Crippen LogP contribution in [-0.2, 0) is 0 Å². The molecule has 0 amide bonds. The van der Waals surface area contributed by atoms with Crippen LogP contribution >= 0.6 is 22.9 Å². The van der Waals surface area contributed by atoms with Gasteiger partial charge in [0.1, 0.15) is 10.7 Å². The fourth-order valence-corrected chi connectivity index (χ4v) is 3.23. The molecule has 0 aliphatic rings. The van der Waals surface area contributed by atoms with E-state index in [0.717, 1.165) is 5.56 Å². The molecule has 2 aromatic heterocycles. The van der Waals surface area contributed by atoms with Gasteiger partial charge in [0.05, 0.1) is 9.90 Å². The molecular formula is C15H9ClN2O2S. The van der Waals surface area contributed by atoms with Gasteiger partial charge in [0.25, 0.3) is 0 Å². The molecular weight excluding hydrogens is 308 g/mol. The lowest BCUT2D eigenvalue weighted by molar-refractivity contribution is 0.0692. The van der Waals surface area contributed by atoms with Crippen molar-refractivity contribution in [2.24, 2.45) is 0 Å². The first kappa shape index (κ1) is 13.7. The summed E-state index contributed by atoms with van der Waals surface area (Å²) in [4.78, 5) is 20.4. The van der Waals surface area contributed by atoms with Crippen molar-refractivity contribution in [2.75, 3.05) is 0 Å². The van der Waals surface area contributed by atoms with Gasteiger partial charge >= 0.3 is 5.97 Å². The maximum absolute atomic E-state index is 11.4. The lowest BCUT2D eigenvalue weighted by Gasteiger charge is -1.97. The largest absolute Gasteiger partial charge is 0.476 e. The molecule has 0 bridgehead atoms. The molecule has 0 aliphatic heterocycles. The Kier molecular flexibility index (Phi) is 3.68. The maximum Gasteiger partial charge on any atom is 0.356 e. The molecule has 0 fully saturated rings. The predicted molar refractivity (Wildman–Crippen MR) is 82.8 cm³/mol. The van der Waals surface area contributed by atoms with E-state index in [1.54, 1.807) is 18.3 Å². The van der Waals surface area contributed by atoms with E-state index in [1.165, 1.54) is 11.3 Å². The number of pyridine rings is 1. The van der Waals surface area contributed by atoms with E-state index >= 15 is 0 Å². The number of benzene rings is 1. The summed E-state index contributed by atoms with van der Waals surface area (Å²) >= 11 is 7.37. The van der Waals surface area contributed by atoms with Crippen molar-refractivity contribution in [3.63, 3.8) is 0 Å². The van der Waals surface area contributed by atoms with E-state index < -0.39 is 5.97 Å². The average molecular weight is 317 g/mol. The topological polar surface area (TPSA) is 63.1 Å². The summed E-state index contributed by atoms with van der Waals surface area (Å²) in [5.41, 5.74) is 1.32. The standard InChI is InChI=1S/C15H9ClN2O2S/c16-10-7-4-8-17-11(10)14-18-12(15(19)20)13(21-14)9-5-2-1-3-6-9/h1-8H,(H,19,20). The molecule has 3 aromatic rings. The molecule has 104 valence electrons. The van der Waals surface area contributed by atoms with Gasteiger partial charge < -0.3 is 5.11 Å². The van der Waals surface area contributed by atoms with Gasteiger partial charge in [-0.3, -0.25) is 4.98 Å². The van der Waals surface area contributed by atoms with E-state index in [0.29, 0.717) is 20.6 Å². The molecule has 1 N–H and O–H groups in total. The Morgan fingerprint density at radius 2 is 1.90 bits per heavy atom. The molecule has 2 heterocycles. The molecule has 0 unspecified atom stereocenters. The monoisotopic (exact) mass is 316 g/mol. The van der Waals surface area contributed by atoms with Crippen molar-refractivity contribution in [1.29, 1.82) is 0 Å². The normalized spacial score (nSPS) is 10.5. The van der Waals surface area contributed by atoms with Crippen molar-refractivity contribution in [3.05, 3.63) is 59.4 Å². The zero-order valence-corrected chi connectivity index (χ0v) is 12.2. The Morgan fingerprint density at radius 3 is 2.57 bits per heavy atom. The number of carbonyl (C=O) groups is 1. The van der Waals surface area contributed by atoms with Crippen LogP contribution < -0.4 is 0 Å². The van der Waals surface area contributed by atoms with Crippen LogP contribution in [0.4, 0.5) is 0 Å². The average Bonchev–Trinajstić information content (AvgIpc) is 2.94. The lowest BCUT2D eigenvalue weighted by atomic mass is 10.1. The van der Waals surface area contributed by atoms with Gasteiger partial charge in [-0.2, -0.15) is 0 Å². The van der Waals surface area contributed by atoms with Crippen LogP contribution in [0, 0.1) is 0 Å². The van der Waals surface area contributed by atoms with E-state index in [2.05, 4.69) is 9.97 Å². The third-order valence-corrected chi connectivity index (χ3v) is 4.24. The third-order valence-electron chi connectivity index (χ3n) is 2.83. The number of rotatable bonds is 3. The molecule has 3 rings (SSSR count). The second-order valence-electron chi connectivity index (χ2n) is 4.20. The van der Waals surface area contributed by atoms with E-state index in [-0.39, 0.29) is 5.69 Å². The Hall–Kier alpha value is -2.24. The number of carboxylic acids is 1. The van der Waals surface area contributed by atoms with Crippen LogP contribution in [0.1, 0.15) is 10.5 Å². The number of carboxylic acid groups (broad SMARTS) is 1. The number of thiazole rings is 1. The smallest absolute Gasteiger partial charge is 0.356 e.